The Bertz CT molecular complexity index is 971. The minimum Gasteiger partial charge on any atom is -0.503 e. The lowest BCUT2D eigenvalue weighted by Crippen LogP contribution is -2.34. The Morgan fingerprint density at radius 1 is 1.13 bits per heavy atom. The molecule has 6 nitrogen and oxygen atoms in total. The van der Waals surface area contributed by atoms with Gasteiger partial charge in [-0.1, -0.05) is 64.5 Å². The van der Waals surface area contributed by atoms with Crippen LogP contribution in [0.1, 0.15) is 17.2 Å². The minimum absolute atomic E-state index is 0.0347. The van der Waals surface area contributed by atoms with Crippen molar-refractivity contribution < 1.29 is 24.5 Å². The Kier molecular flexibility index (Phi) is 7.57. The van der Waals surface area contributed by atoms with Crippen molar-refractivity contribution in [3.05, 3.63) is 87.6 Å². The van der Waals surface area contributed by atoms with E-state index in [4.69, 9.17) is 9.84 Å². The van der Waals surface area contributed by atoms with Crippen molar-refractivity contribution in [2.45, 2.75) is 6.04 Å². The predicted octanol–water partition coefficient (Wildman–Crippen LogP) is 3.44. The first-order valence-electron chi connectivity index (χ1n) is 9.48. The van der Waals surface area contributed by atoms with Crippen LogP contribution in [0.25, 0.3) is 6.08 Å². The summed E-state index contributed by atoms with van der Waals surface area (Å²) in [5.41, 5.74) is 1.57. The smallest absolute Gasteiger partial charge is 0.290 e. The highest BCUT2D eigenvalue weighted by Gasteiger charge is 2.42. The van der Waals surface area contributed by atoms with E-state index >= 15 is 0 Å². The average molecular weight is 472 g/mol. The van der Waals surface area contributed by atoms with Gasteiger partial charge in [-0.25, -0.2) is 0 Å². The van der Waals surface area contributed by atoms with Crippen LogP contribution in [0.4, 0.5) is 0 Å². The number of halogens is 1. The van der Waals surface area contributed by atoms with Gasteiger partial charge in [0.05, 0.1) is 31.4 Å². The summed E-state index contributed by atoms with van der Waals surface area (Å²) < 4.78 is 6.08. The minimum atomic E-state index is -0.736. The van der Waals surface area contributed by atoms with E-state index in [0.717, 1.165) is 10.0 Å². The summed E-state index contributed by atoms with van der Waals surface area (Å²) in [4.78, 5) is 27.2. The summed E-state index contributed by atoms with van der Waals surface area (Å²) >= 11 is 3.42. The van der Waals surface area contributed by atoms with Crippen molar-refractivity contribution >= 4 is 33.7 Å². The van der Waals surface area contributed by atoms with Gasteiger partial charge < -0.3 is 19.8 Å². The van der Waals surface area contributed by atoms with Gasteiger partial charge in [0, 0.05) is 11.0 Å². The van der Waals surface area contributed by atoms with Crippen LogP contribution in [0.2, 0.25) is 0 Å². The fourth-order valence-corrected chi connectivity index (χ4v) is 3.73. The molecule has 0 aliphatic carbocycles. The second-order valence-electron chi connectivity index (χ2n) is 6.66. The number of carbonyl (C=O) groups is 2. The molecule has 0 saturated carbocycles. The fourth-order valence-electron chi connectivity index (χ4n) is 3.31. The van der Waals surface area contributed by atoms with Gasteiger partial charge in [0.25, 0.3) is 5.91 Å². The van der Waals surface area contributed by atoms with Crippen LogP contribution in [0, 0.1) is 0 Å². The number of nitrogens with zero attached hydrogens (tertiary/aromatic N) is 1. The van der Waals surface area contributed by atoms with Gasteiger partial charge >= 0.3 is 0 Å². The van der Waals surface area contributed by atoms with Crippen LogP contribution < -0.4 is 0 Å². The zero-order valence-corrected chi connectivity index (χ0v) is 17.8. The van der Waals surface area contributed by atoms with Crippen LogP contribution in [-0.4, -0.2) is 53.2 Å². The monoisotopic (exact) mass is 471 g/mol. The molecule has 1 aliphatic rings. The molecule has 1 atom stereocenters. The third-order valence-corrected chi connectivity index (χ3v) is 5.17. The molecule has 2 aromatic carbocycles. The van der Waals surface area contributed by atoms with Crippen molar-refractivity contribution in [1.29, 1.82) is 0 Å². The molecule has 0 spiro atoms. The molecule has 1 heterocycles. The van der Waals surface area contributed by atoms with Gasteiger partial charge in [0.2, 0.25) is 0 Å². The number of hydrogen-bond donors (Lipinski definition) is 2. The number of aliphatic hydroxyl groups is 2. The highest BCUT2D eigenvalue weighted by atomic mass is 79.9. The van der Waals surface area contributed by atoms with E-state index in [2.05, 4.69) is 15.9 Å². The van der Waals surface area contributed by atoms with Crippen LogP contribution in [0.3, 0.4) is 0 Å². The largest absolute Gasteiger partial charge is 0.503 e. The van der Waals surface area contributed by atoms with Gasteiger partial charge in [-0.05, 0) is 29.3 Å². The normalized spacial score (nSPS) is 16.7. The van der Waals surface area contributed by atoms with Crippen LogP contribution in [-0.2, 0) is 14.3 Å². The molecule has 1 amide bonds. The highest BCUT2D eigenvalue weighted by molar-refractivity contribution is 9.10. The maximum atomic E-state index is 13.0. The Balaban J connectivity index is 1.92. The standard InChI is InChI=1S/C23H22BrNO5/c24-18-8-4-7-17(15-18)21-20(19(27)10-9-16-5-2-1-3-6-16)22(28)23(29)25(21)11-13-30-14-12-26/h1-10,15,21,26,28H,11-14H2. The van der Waals surface area contributed by atoms with Gasteiger partial charge in [-0.2, -0.15) is 0 Å². The molecule has 3 rings (SSSR count). The van der Waals surface area contributed by atoms with E-state index in [0.29, 0.717) is 5.56 Å². The number of amides is 1. The van der Waals surface area contributed by atoms with Crippen LogP contribution in [0.5, 0.6) is 0 Å². The van der Waals surface area contributed by atoms with Crippen LogP contribution in [0.15, 0.2) is 76.5 Å². The van der Waals surface area contributed by atoms with Crippen molar-refractivity contribution in [2.75, 3.05) is 26.4 Å². The molecule has 0 saturated heterocycles. The topological polar surface area (TPSA) is 87.1 Å². The van der Waals surface area contributed by atoms with Gasteiger partial charge in [0.15, 0.2) is 11.5 Å². The summed E-state index contributed by atoms with van der Waals surface area (Å²) in [6.07, 6.45) is 3.02. The molecule has 7 heteroatoms. The number of ketones is 1. The summed E-state index contributed by atoms with van der Waals surface area (Å²) in [5.74, 6) is -1.61. The number of rotatable bonds is 9. The first kappa shape index (κ1) is 22.0. The van der Waals surface area contributed by atoms with Crippen molar-refractivity contribution in [1.82, 2.24) is 4.90 Å². The summed E-state index contributed by atoms with van der Waals surface area (Å²) in [5, 5.41) is 19.4. The maximum Gasteiger partial charge on any atom is 0.290 e. The number of benzene rings is 2. The van der Waals surface area contributed by atoms with Crippen molar-refractivity contribution in [2.24, 2.45) is 0 Å². The number of carbonyl (C=O) groups excluding carboxylic acids is 2. The number of hydrogen-bond acceptors (Lipinski definition) is 5. The molecule has 0 radical (unpaired) electrons. The molecule has 30 heavy (non-hydrogen) atoms. The fraction of sp³-hybridized carbons (Fsp3) is 0.217. The average Bonchev–Trinajstić information content (AvgIpc) is 3.01. The zero-order valence-electron chi connectivity index (χ0n) is 16.2. The molecular weight excluding hydrogens is 450 g/mol. The first-order valence-corrected chi connectivity index (χ1v) is 10.3. The van der Waals surface area contributed by atoms with Gasteiger partial charge in [-0.3, -0.25) is 9.59 Å². The van der Waals surface area contributed by atoms with E-state index in [1.54, 1.807) is 12.1 Å². The lowest BCUT2D eigenvalue weighted by atomic mass is 9.95. The Hall–Kier alpha value is -2.74. The van der Waals surface area contributed by atoms with E-state index in [1.165, 1.54) is 11.0 Å². The molecule has 2 aromatic rings. The molecule has 156 valence electrons. The van der Waals surface area contributed by atoms with Gasteiger partial charge in [-0.15, -0.1) is 0 Å². The Morgan fingerprint density at radius 2 is 1.90 bits per heavy atom. The number of aliphatic hydroxyl groups excluding tert-OH is 2. The summed E-state index contributed by atoms with van der Waals surface area (Å²) in [7, 11) is 0. The molecule has 1 unspecified atom stereocenters. The molecule has 1 aliphatic heterocycles. The van der Waals surface area contributed by atoms with Crippen molar-refractivity contribution in [3.63, 3.8) is 0 Å². The number of ether oxygens (including phenoxy) is 1. The Labute approximate surface area is 183 Å². The molecule has 0 bridgehead atoms. The quantitative estimate of drug-likeness (QED) is 0.432. The predicted molar refractivity (Wildman–Crippen MR) is 117 cm³/mol. The third kappa shape index (κ3) is 5.05. The molecule has 2 N–H and O–H groups in total. The van der Waals surface area contributed by atoms with Crippen LogP contribution >= 0.6 is 15.9 Å². The molecule has 0 fully saturated rings. The van der Waals surface area contributed by atoms with E-state index < -0.39 is 23.5 Å². The Morgan fingerprint density at radius 3 is 2.60 bits per heavy atom. The van der Waals surface area contributed by atoms with Crippen molar-refractivity contribution in [3.8, 4) is 0 Å². The van der Waals surface area contributed by atoms with E-state index in [9.17, 15) is 14.7 Å². The maximum absolute atomic E-state index is 13.0. The highest BCUT2D eigenvalue weighted by Crippen LogP contribution is 2.38. The summed E-state index contributed by atoms with van der Waals surface area (Å²) in [6, 6.07) is 15.8. The second kappa shape index (κ2) is 10.3. The zero-order chi connectivity index (χ0) is 21.5. The van der Waals surface area contributed by atoms with Gasteiger partial charge in [0.1, 0.15) is 0 Å². The second-order valence-corrected chi connectivity index (χ2v) is 7.58. The SMILES string of the molecule is O=C(C=Cc1ccccc1)C1=C(O)C(=O)N(CCOCCO)C1c1cccc(Br)c1. The lowest BCUT2D eigenvalue weighted by molar-refractivity contribution is -0.130. The van der Waals surface area contributed by atoms with E-state index in [-0.39, 0.29) is 31.9 Å². The third-order valence-electron chi connectivity index (χ3n) is 4.67. The molecule has 0 aromatic heterocycles. The van der Waals surface area contributed by atoms with E-state index in [1.807, 2.05) is 48.5 Å². The lowest BCUT2D eigenvalue weighted by Gasteiger charge is -2.26. The first-order chi connectivity index (χ1) is 14.5. The summed E-state index contributed by atoms with van der Waals surface area (Å²) in [6.45, 7) is 0.361. The number of allylic oxidation sites excluding steroid dienone is 1. The molecular formula is C23H22BrNO5.